The van der Waals surface area contributed by atoms with E-state index in [0.717, 1.165) is 12.8 Å². The molecule has 0 atom stereocenters. The molecular formula is C15H16Cl2NO2. The highest BCUT2D eigenvalue weighted by molar-refractivity contribution is 6.44. The molecule has 0 unspecified atom stereocenters. The van der Waals surface area contributed by atoms with E-state index in [0.29, 0.717) is 16.6 Å². The van der Waals surface area contributed by atoms with Gasteiger partial charge in [0.2, 0.25) is 0 Å². The molecule has 1 aromatic rings. The molecular weight excluding hydrogens is 297 g/mol. The second-order valence-electron chi connectivity index (χ2n) is 5.18. The third-order valence-electron chi connectivity index (χ3n) is 3.35. The first-order valence-corrected chi connectivity index (χ1v) is 7.22. The van der Waals surface area contributed by atoms with Crippen molar-refractivity contribution in [3.8, 4) is 0 Å². The Bertz CT molecular complexity index is 539. The second kappa shape index (κ2) is 6.25. The summed E-state index contributed by atoms with van der Waals surface area (Å²) in [6, 6.07) is 5.48. The summed E-state index contributed by atoms with van der Waals surface area (Å²) in [5.74, 6) is -0.0215. The summed E-state index contributed by atoms with van der Waals surface area (Å²) in [7, 11) is 3.56. The molecule has 3 nitrogen and oxygen atoms in total. The van der Waals surface area contributed by atoms with Gasteiger partial charge in [0.05, 0.1) is 10.0 Å². The van der Waals surface area contributed by atoms with E-state index in [1.807, 2.05) is 0 Å². The average molecular weight is 313 g/mol. The summed E-state index contributed by atoms with van der Waals surface area (Å²) in [6.07, 6.45) is 1.90. The lowest BCUT2D eigenvalue weighted by Crippen LogP contribution is -2.31. The van der Waals surface area contributed by atoms with Crippen molar-refractivity contribution in [1.82, 2.24) is 4.90 Å². The zero-order valence-electron chi connectivity index (χ0n) is 11.5. The maximum absolute atomic E-state index is 12.3. The lowest BCUT2D eigenvalue weighted by Gasteiger charge is -2.21. The second-order valence-corrected chi connectivity index (χ2v) is 5.97. The number of halogens is 2. The Morgan fingerprint density at radius 3 is 2.45 bits per heavy atom. The van der Waals surface area contributed by atoms with Gasteiger partial charge >= 0.3 is 0 Å². The smallest absolute Gasteiger partial charge is 0.166 e. The zero-order chi connectivity index (χ0) is 14.9. The largest absolute Gasteiger partial charge is 0.297 e. The molecule has 1 aliphatic carbocycles. The number of likely N-dealkylation sites (N-methyl/N-ethyl adjacent to an activating group) is 1. The molecule has 1 fully saturated rings. The van der Waals surface area contributed by atoms with E-state index >= 15 is 0 Å². The predicted molar refractivity (Wildman–Crippen MR) is 80.1 cm³/mol. The molecule has 0 aromatic heterocycles. The van der Waals surface area contributed by atoms with Gasteiger partial charge in [-0.2, -0.15) is 0 Å². The lowest BCUT2D eigenvalue weighted by molar-refractivity contribution is -0.120. The van der Waals surface area contributed by atoms with Crippen molar-refractivity contribution in [2.24, 2.45) is 5.92 Å². The Morgan fingerprint density at radius 2 is 1.90 bits per heavy atom. The monoisotopic (exact) mass is 312 g/mol. The normalized spacial score (nSPS) is 14.9. The number of Topliss-reactive ketones (excluding diaryl/α,β-unsaturated/α-hetero) is 2. The van der Waals surface area contributed by atoms with Gasteiger partial charge in [0.1, 0.15) is 6.04 Å². The van der Waals surface area contributed by atoms with Crippen molar-refractivity contribution in [1.29, 1.82) is 0 Å². The van der Waals surface area contributed by atoms with E-state index in [9.17, 15) is 9.59 Å². The van der Waals surface area contributed by atoms with Crippen LogP contribution < -0.4 is 0 Å². The van der Waals surface area contributed by atoms with Gasteiger partial charge in [0, 0.05) is 17.9 Å². The highest BCUT2D eigenvalue weighted by Crippen LogP contribution is 2.35. The van der Waals surface area contributed by atoms with Crippen molar-refractivity contribution >= 4 is 34.8 Å². The first-order valence-electron chi connectivity index (χ1n) is 6.46. The van der Waals surface area contributed by atoms with Crippen LogP contribution in [0.1, 0.15) is 29.6 Å². The number of nitrogens with zero attached hydrogens (tertiary/aromatic N) is 1. The van der Waals surface area contributed by atoms with Crippen LogP contribution in [0.25, 0.3) is 0 Å². The van der Waals surface area contributed by atoms with Crippen LogP contribution in [0.4, 0.5) is 0 Å². The van der Waals surface area contributed by atoms with E-state index in [2.05, 4.69) is 0 Å². The highest BCUT2D eigenvalue weighted by atomic mass is 35.5. The minimum absolute atomic E-state index is 0.0579. The number of ketones is 2. The van der Waals surface area contributed by atoms with Crippen LogP contribution >= 0.6 is 23.2 Å². The van der Waals surface area contributed by atoms with Crippen LogP contribution in [0, 0.1) is 12.0 Å². The van der Waals surface area contributed by atoms with Gasteiger partial charge < -0.3 is 0 Å². The third kappa shape index (κ3) is 3.40. The maximum Gasteiger partial charge on any atom is 0.166 e. The van der Waals surface area contributed by atoms with Gasteiger partial charge in [0.25, 0.3) is 0 Å². The van der Waals surface area contributed by atoms with Gasteiger partial charge in [-0.1, -0.05) is 29.3 Å². The molecule has 0 N–H and O–H groups in total. The molecule has 0 spiro atoms. The van der Waals surface area contributed by atoms with Crippen LogP contribution in [-0.4, -0.2) is 30.6 Å². The Morgan fingerprint density at radius 1 is 1.25 bits per heavy atom. The molecule has 1 aliphatic rings. The fourth-order valence-electron chi connectivity index (χ4n) is 2.01. The molecule has 0 heterocycles. The van der Waals surface area contributed by atoms with E-state index in [4.69, 9.17) is 23.2 Å². The first kappa shape index (κ1) is 15.5. The molecule has 0 bridgehead atoms. The Labute approximate surface area is 128 Å². The molecule has 5 heteroatoms. The van der Waals surface area contributed by atoms with Crippen molar-refractivity contribution in [3.05, 3.63) is 39.8 Å². The van der Waals surface area contributed by atoms with Crippen LogP contribution in [0.5, 0.6) is 0 Å². The molecule has 1 aromatic carbocycles. The van der Waals surface area contributed by atoms with Crippen LogP contribution in [0.3, 0.4) is 0 Å². The average Bonchev–Trinajstić information content (AvgIpc) is 3.22. The van der Waals surface area contributed by atoms with Gasteiger partial charge in [0.15, 0.2) is 11.6 Å². The van der Waals surface area contributed by atoms with E-state index < -0.39 is 0 Å². The predicted octanol–water partition coefficient (Wildman–Crippen LogP) is 3.64. The first-order chi connectivity index (χ1) is 9.41. The summed E-state index contributed by atoms with van der Waals surface area (Å²) >= 11 is 12.0. The Hall–Kier alpha value is -0.900. The SMILES string of the molecule is CN(C)[C](CC(=O)c1cccc(Cl)c1Cl)C(=O)C1CC1. The molecule has 2 rings (SSSR count). The van der Waals surface area contributed by atoms with Gasteiger partial charge in [-0.05, 0) is 39.1 Å². The molecule has 20 heavy (non-hydrogen) atoms. The van der Waals surface area contributed by atoms with E-state index in [1.165, 1.54) is 0 Å². The van der Waals surface area contributed by atoms with Crippen LogP contribution in [-0.2, 0) is 4.79 Å². The number of hydrogen-bond acceptors (Lipinski definition) is 3. The van der Waals surface area contributed by atoms with Crippen molar-refractivity contribution in [3.63, 3.8) is 0 Å². The number of carbonyl (C=O) groups excluding carboxylic acids is 2. The Kier molecular flexibility index (Phi) is 4.84. The minimum Gasteiger partial charge on any atom is -0.297 e. The number of rotatable bonds is 6. The zero-order valence-corrected chi connectivity index (χ0v) is 13.0. The van der Waals surface area contributed by atoms with E-state index in [-0.39, 0.29) is 28.9 Å². The molecule has 0 amide bonds. The molecule has 107 valence electrons. The van der Waals surface area contributed by atoms with E-state index in [1.54, 1.807) is 37.2 Å². The van der Waals surface area contributed by atoms with Gasteiger partial charge in [-0.3, -0.25) is 14.5 Å². The summed E-state index contributed by atoms with van der Waals surface area (Å²) < 4.78 is 0. The lowest BCUT2D eigenvalue weighted by atomic mass is 9.98. The Balaban J connectivity index is 2.15. The van der Waals surface area contributed by atoms with Crippen molar-refractivity contribution in [2.75, 3.05) is 14.1 Å². The summed E-state index contributed by atoms with van der Waals surface area (Å²) in [5.41, 5.74) is 0.363. The fraction of sp³-hybridized carbons (Fsp3) is 0.400. The number of carbonyl (C=O) groups is 2. The van der Waals surface area contributed by atoms with Crippen molar-refractivity contribution in [2.45, 2.75) is 19.3 Å². The minimum atomic E-state index is -0.185. The summed E-state index contributed by atoms with van der Waals surface area (Å²) in [4.78, 5) is 26.2. The molecule has 1 saturated carbocycles. The van der Waals surface area contributed by atoms with Gasteiger partial charge in [-0.25, -0.2) is 0 Å². The summed E-state index contributed by atoms with van der Waals surface area (Å²) in [5, 5.41) is 0.591. The van der Waals surface area contributed by atoms with Crippen LogP contribution in [0.15, 0.2) is 18.2 Å². The van der Waals surface area contributed by atoms with Crippen molar-refractivity contribution < 1.29 is 9.59 Å². The number of hydrogen-bond donors (Lipinski definition) is 0. The third-order valence-corrected chi connectivity index (χ3v) is 4.17. The van der Waals surface area contributed by atoms with Crippen LogP contribution in [0.2, 0.25) is 10.0 Å². The topological polar surface area (TPSA) is 37.4 Å². The standard InChI is InChI=1S/C15H16Cl2NO2/c1-18(2)12(15(20)9-6-7-9)8-13(19)10-4-3-5-11(16)14(10)17/h3-5,9H,6-8H2,1-2H3. The van der Waals surface area contributed by atoms with Gasteiger partial charge in [-0.15, -0.1) is 0 Å². The quantitative estimate of drug-likeness (QED) is 0.753. The number of benzene rings is 1. The fourth-order valence-corrected chi connectivity index (χ4v) is 2.42. The maximum atomic E-state index is 12.3. The highest BCUT2D eigenvalue weighted by Gasteiger charge is 2.37. The summed E-state index contributed by atoms with van der Waals surface area (Å²) in [6.45, 7) is 0. The molecule has 1 radical (unpaired) electrons. The molecule has 0 saturated heterocycles. The molecule has 0 aliphatic heterocycles.